The fraction of sp³-hybridized carbons (Fsp3) is 0.0455. The van der Waals surface area contributed by atoms with E-state index in [1.807, 2.05) is 42.5 Å². The van der Waals surface area contributed by atoms with Crippen LogP contribution in [0.4, 0.5) is 11.4 Å². The molecule has 3 aromatic carbocycles. The van der Waals surface area contributed by atoms with Crippen molar-refractivity contribution in [3.63, 3.8) is 0 Å². The van der Waals surface area contributed by atoms with Crippen LogP contribution < -0.4 is 10.1 Å². The predicted molar refractivity (Wildman–Crippen MR) is 108 cm³/mol. The van der Waals surface area contributed by atoms with Gasteiger partial charge in [-0.2, -0.15) is 0 Å². The van der Waals surface area contributed by atoms with E-state index in [2.05, 4.69) is 5.32 Å². The molecule has 0 aliphatic heterocycles. The number of benzene rings is 3. The summed E-state index contributed by atoms with van der Waals surface area (Å²) in [4.78, 5) is 22.6. The second-order valence-electron chi connectivity index (χ2n) is 6.33. The molecule has 144 valence electrons. The molecule has 0 saturated carbocycles. The van der Waals surface area contributed by atoms with E-state index in [0.29, 0.717) is 17.2 Å². The number of furan rings is 1. The van der Waals surface area contributed by atoms with Crippen LogP contribution in [-0.2, 0) is 6.61 Å². The largest absolute Gasteiger partial charge is 0.486 e. The maximum atomic E-state index is 12.3. The number of non-ortho nitro benzene ring substituents is 1. The quantitative estimate of drug-likeness (QED) is 0.363. The summed E-state index contributed by atoms with van der Waals surface area (Å²) in [5.41, 5.74) is 0.210. The molecule has 1 N–H and O–H groups in total. The summed E-state index contributed by atoms with van der Waals surface area (Å²) >= 11 is 0. The molecule has 4 aromatic rings. The molecule has 0 unspecified atom stereocenters. The zero-order chi connectivity index (χ0) is 20.2. The number of amides is 1. The Morgan fingerprint density at radius 1 is 0.966 bits per heavy atom. The smallest absolute Gasteiger partial charge is 0.291 e. The van der Waals surface area contributed by atoms with Crippen LogP contribution in [0, 0.1) is 10.1 Å². The molecule has 0 saturated heterocycles. The van der Waals surface area contributed by atoms with Crippen molar-refractivity contribution in [3.05, 3.63) is 100 Å². The summed E-state index contributed by atoms with van der Waals surface area (Å²) in [7, 11) is 0. The van der Waals surface area contributed by atoms with Crippen molar-refractivity contribution < 1.29 is 18.9 Å². The topological polar surface area (TPSA) is 94.6 Å². The third-order valence-corrected chi connectivity index (χ3v) is 4.30. The van der Waals surface area contributed by atoms with Crippen LogP contribution in [0.3, 0.4) is 0 Å². The Morgan fingerprint density at radius 3 is 2.62 bits per heavy atom. The lowest BCUT2D eigenvalue weighted by Gasteiger charge is -2.06. The number of nitrogens with zero attached hydrogens (tertiary/aromatic N) is 1. The zero-order valence-corrected chi connectivity index (χ0v) is 15.2. The molecular formula is C22H16N2O5. The number of rotatable bonds is 6. The van der Waals surface area contributed by atoms with Crippen molar-refractivity contribution in [2.24, 2.45) is 0 Å². The molecule has 1 amide bonds. The van der Waals surface area contributed by atoms with Gasteiger partial charge < -0.3 is 14.5 Å². The first-order valence-electron chi connectivity index (χ1n) is 8.84. The summed E-state index contributed by atoms with van der Waals surface area (Å²) in [5.74, 6) is 0.779. The van der Waals surface area contributed by atoms with Crippen molar-refractivity contribution >= 4 is 28.1 Å². The molecule has 0 aliphatic rings. The molecular weight excluding hydrogens is 372 g/mol. The van der Waals surface area contributed by atoms with Gasteiger partial charge in [0.05, 0.1) is 4.92 Å². The first-order valence-corrected chi connectivity index (χ1v) is 8.84. The molecule has 7 heteroatoms. The van der Waals surface area contributed by atoms with Gasteiger partial charge in [0.25, 0.3) is 11.6 Å². The first-order chi connectivity index (χ1) is 14.1. The number of hydrogen-bond acceptors (Lipinski definition) is 5. The van der Waals surface area contributed by atoms with Crippen LogP contribution in [0.1, 0.15) is 16.3 Å². The number of nitro benzene ring substituents is 1. The fourth-order valence-electron chi connectivity index (χ4n) is 2.88. The van der Waals surface area contributed by atoms with Crippen LogP contribution in [0.25, 0.3) is 10.8 Å². The second kappa shape index (κ2) is 7.85. The Morgan fingerprint density at radius 2 is 1.79 bits per heavy atom. The predicted octanol–water partition coefficient (Wildman–Crippen LogP) is 5.17. The summed E-state index contributed by atoms with van der Waals surface area (Å²) in [5, 5.41) is 15.6. The van der Waals surface area contributed by atoms with Gasteiger partial charge in [0.15, 0.2) is 5.76 Å². The van der Waals surface area contributed by atoms with E-state index in [4.69, 9.17) is 9.15 Å². The standard InChI is InChI=1S/C22H16N2O5/c25-22(23-17-6-3-7-18(13-17)24(26)27)21-11-10-20(29-21)14-28-19-9-8-15-4-1-2-5-16(15)12-19/h1-13H,14H2,(H,23,25). The maximum absolute atomic E-state index is 12.3. The molecule has 0 fully saturated rings. The van der Waals surface area contributed by atoms with Crippen LogP contribution in [0.15, 0.2) is 83.3 Å². The number of nitro groups is 1. The minimum atomic E-state index is -0.523. The molecule has 7 nitrogen and oxygen atoms in total. The van der Waals surface area contributed by atoms with Gasteiger partial charge in [-0.1, -0.05) is 36.4 Å². The number of hydrogen-bond donors (Lipinski definition) is 1. The Bertz CT molecular complexity index is 1200. The maximum Gasteiger partial charge on any atom is 0.291 e. The molecule has 1 heterocycles. The molecule has 0 spiro atoms. The molecule has 1 aromatic heterocycles. The summed E-state index contributed by atoms with van der Waals surface area (Å²) in [6.45, 7) is 0.169. The number of carbonyl (C=O) groups excluding carboxylic acids is 1. The van der Waals surface area contributed by atoms with E-state index in [-0.39, 0.29) is 18.1 Å². The highest BCUT2D eigenvalue weighted by Gasteiger charge is 2.14. The van der Waals surface area contributed by atoms with Crippen LogP contribution in [0.2, 0.25) is 0 Å². The summed E-state index contributed by atoms with van der Waals surface area (Å²) < 4.78 is 11.3. The second-order valence-corrected chi connectivity index (χ2v) is 6.33. The van der Waals surface area contributed by atoms with Gasteiger partial charge in [0.2, 0.25) is 0 Å². The highest BCUT2D eigenvalue weighted by Crippen LogP contribution is 2.22. The number of fused-ring (bicyclic) bond motifs is 1. The highest BCUT2D eigenvalue weighted by atomic mass is 16.6. The lowest BCUT2D eigenvalue weighted by molar-refractivity contribution is -0.384. The monoisotopic (exact) mass is 388 g/mol. The van der Waals surface area contributed by atoms with E-state index in [0.717, 1.165) is 10.8 Å². The van der Waals surface area contributed by atoms with E-state index in [9.17, 15) is 14.9 Å². The van der Waals surface area contributed by atoms with Gasteiger partial charge in [-0.25, -0.2) is 0 Å². The molecule has 0 aliphatic carbocycles. The van der Waals surface area contributed by atoms with E-state index < -0.39 is 10.8 Å². The third kappa shape index (κ3) is 4.24. The number of ether oxygens (including phenoxy) is 1. The fourth-order valence-corrected chi connectivity index (χ4v) is 2.88. The Hall–Kier alpha value is -4.13. The SMILES string of the molecule is O=C(Nc1cccc([N+](=O)[O-])c1)c1ccc(COc2ccc3ccccc3c2)o1. The van der Waals surface area contributed by atoms with Crippen LogP contribution in [-0.4, -0.2) is 10.8 Å². The van der Waals surface area contributed by atoms with Gasteiger partial charge >= 0.3 is 0 Å². The normalized spacial score (nSPS) is 10.6. The number of anilines is 1. The van der Waals surface area contributed by atoms with Crippen molar-refractivity contribution in [1.82, 2.24) is 0 Å². The van der Waals surface area contributed by atoms with Crippen molar-refractivity contribution in [1.29, 1.82) is 0 Å². The lowest BCUT2D eigenvalue weighted by atomic mass is 10.1. The van der Waals surface area contributed by atoms with E-state index in [1.165, 1.54) is 24.3 Å². The van der Waals surface area contributed by atoms with Gasteiger partial charge in [0, 0.05) is 17.8 Å². The van der Waals surface area contributed by atoms with Gasteiger partial charge in [-0.3, -0.25) is 14.9 Å². The van der Waals surface area contributed by atoms with Crippen LogP contribution in [0.5, 0.6) is 5.75 Å². The molecule has 0 bridgehead atoms. The molecule has 0 radical (unpaired) electrons. The summed E-state index contributed by atoms with van der Waals surface area (Å²) in [6.07, 6.45) is 0. The Balaban J connectivity index is 1.40. The lowest BCUT2D eigenvalue weighted by Crippen LogP contribution is -2.11. The van der Waals surface area contributed by atoms with Gasteiger partial charge in [-0.15, -0.1) is 0 Å². The third-order valence-electron chi connectivity index (χ3n) is 4.30. The van der Waals surface area contributed by atoms with Crippen LogP contribution >= 0.6 is 0 Å². The summed E-state index contributed by atoms with van der Waals surface area (Å²) in [6, 6.07) is 22.7. The molecule has 0 atom stereocenters. The highest BCUT2D eigenvalue weighted by molar-refractivity contribution is 6.02. The Kier molecular flexibility index (Phi) is 4.94. The van der Waals surface area contributed by atoms with Gasteiger partial charge in [-0.05, 0) is 41.1 Å². The Labute approximate surface area is 165 Å². The molecule has 4 rings (SSSR count). The van der Waals surface area contributed by atoms with Crippen molar-refractivity contribution in [2.75, 3.05) is 5.32 Å². The molecule has 29 heavy (non-hydrogen) atoms. The average molecular weight is 388 g/mol. The van der Waals surface area contributed by atoms with Gasteiger partial charge in [0.1, 0.15) is 18.1 Å². The number of nitrogens with one attached hydrogen (secondary N) is 1. The van der Waals surface area contributed by atoms with E-state index in [1.54, 1.807) is 12.1 Å². The van der Waals surface area contributed by atoms with Crippen molar-refractivity contribution in [2.45, 2.75) is 6.61 Å². The average Bonchev–Trinajstić information content (AvgIpc) is 3.21. The minimum absolute atomic E-state index is 0.0913. The number of carbonyl (C=O) groups is 1. The van der Waals surface area contributed by atoms with Crippen molar-refractivity contribution in [3.8, 4) is 5.75 Å². The first kappa shape index (κ1) is 18.2. The zero-order valence-electron chi connectivity index (χ0n) is 15.2. The van der Waals surface area contributed by atoms with E-state index >= 15 is 0 Å². The minimum Gasteiger partial charge on any atom is -0.486 e.